The molecule has 0 radical (unpaired) electrons. The Bertz CT molecular complexity index is 902. The summed E-state index contributed by atoms with van der Waals surface area (Å²) in [4.78, 5) is 30.2. The molecule has 2 aromatic rings. The maximum atomic E-state index is 12.2. The largest absolute Gasteiger partial charge is 0.315 e. The zero-order chi connectivity index (χ0) is 19.6. The smallest absolute Gasteiger partial charge is 0.268 e. The topological polar surface area (TPSA) is 73.0 Å². The molecule has 1 aliphatic rings. The Kier molecular flexibility index (Phi) is 5.60. The maximum Gasteiger partial charge on any atom is 0.268 e. The second kappa shape index (κ2) is 7.76. The molecule has 0 aliphatic carbocycles. The number of aryl methyl sites for hydroxylation is 1. The lowest BCUT2D eigenvalue weighted by molar-refractivity contribution is 0.161. The van der Waals surface area contributed by atoms with Gasteiger partial charge in [0.25, 0.3) is 11.1 Å². The van der Waals surface area contributed by atoms with Gasteiger partial charge in [0.2, 0.25) is 0 Å². The molecule has 0 saturated carbocycles. The molecule has 1 fully saturated rings. The molecular weight excluding hydrogens is 342 g/mol. The van der Waals surface area contributed by atoms with Gasteiger partial charge in [0, 0.05) is 37.8 Å². The standard InChI is InChI=1S/C20H29N5O2/c1-20(2,3)17-5-6-18(26)25(22-17)12-15-7-9-24(10-8-15)14-16-13-23(4)19(27)11-21-16/h5-6,11,13,15H,7-10,12,14H2,1-4H3. The van der Waals surface area contributed by atoms with Gasteiger partial charge in [0.1, 0.15) is 0 Å². The van der Waals surface area contributed by atoms with Crippen molar-refractivity contribution in [2.24, 2.45) is 13.0 Å². The lowest BCUT2D eigenvalue weighted by atomic mass is 9.92. The summed E-state index contributed by atoms with van der Waals surface area (Å²) in [6, 6.07) is 3.47. The first-order valence-electron chi connectivity index (χ1n) is 9.55. The number of hydrogen-bond acceptors (Lipinski definition) is 5. The van der Waals surface area contributed by atoms with Gasteiger partial charge < -0.3 is 4.57 Å². The molecule has 1 saturated heterocycles. The van der Waals surface area contributed by atoms with E-state index in [1.165, 1.54) is 6.20 Å². The van der Waals surface area contributed by atoms with Gasteiger partial charge in [-0.1, -0.05) is 20.8 Å². The highest BCUT2D eigenvalue weighted by Crippen LogP contribution is 2.21. The molecule has 2 aromatic heterocycles. The number of nitrogens with zero attached hydrogens (tertiary/aromatic N) is 5. The van der Waals surface area contributed by atoms with Crippen molar-refractivity contribution in [2.45, 2.75) is 52.1 Å². The summed E-state index contributed by atoms with van der Waals surface area (Å²) in [6.07, 6.45) is 5.23. The molecule has 7 heteroatoms. The van der Waals surface area contributed by atoms with Gasteiger partial charge in [-0.25, -0.2) is 4.68 Å². The van der Waals surface area contributed by atoms with Gasteiger partial charge >= 0.3 is 0 Å². The van der Waals surface area contributed by atoms with E-state index >= 15 is 0 Å². The molecule has 27 heavy (non-hydrogen) atoms. The molecule has 0 spiro atoms. The molecule has 0 unspecified atom stereocenters. The summed E-state index contributed by atoms with van der Waals surface area (Å²) in [5, 5.41) is 4.59. The van der Waals surface area contributed by atoms with Crippen LogP contribution in [0.5, 0.6) is 0 Å². The minimum Gasteiger partial charge on any atom is -0.315 e. The Morgan fingerprint density at radius 3 is 2.44 bits per heavy atom. The zero-order valence-electron chi connectivity index (χ0n) is 16.7. The van der Waals surface area contributed by atoms with Crippen molar-refractivity contribution < 1.29 is 0 Å². The van der Waals surface area contributed by atoms with E-state index in [9.17, 15) is 9.59 Å². The highest BCUT2D eigenvalue weighted by atomic mass is 16.1. The van der Waals surface area contributed by atoms with Crippen LogP contribution in [0.4, 0.5) is 0 Å². The van der Waals surface area contributed by atoms with Crippen LogP contribution in [0.3, 0.4) is 0 Å². The van der Waals surface area contributed by atoms with Crippen molar-refractivity contribution in [2.75, 3.05) is 13.1 Å². The number of aromatic nitrogens is 4. The normalized spacial score (nSPS) is 16.6. The number of hydrogen-bond donors (Lipinski definition) is 0. The van der Waals surface area contributed by atoms with Crippen LogP contribution in [0.2, 0.25) is 0 Å². The van der Waals surface area contributed by atoms with E-state index in [1.54, 1.807) is 28.6 Å². The maximum absolute atomic E-state index is 12.2. The fraction of sp³-hybridized carbons (Fsp3) is 0.600. The van der Waals surface area contributed by atoms with E-state index in [-0.39, 0.29) is 16.5 Å². The Labute approximate surface area is 159 Å². The van der Waals surface area contributed by atoms with Gasteiger partial charge in [-0.2, -0.15) is 5.10 Å². The van der Waals surface area contributed by atoms with Crippen molar-refractivity contribution in [1.82, 2.24) is 24.2 Å². The van der Waals surface area contributed by atoms with Crippen molar-refractivity contribution in [3.63, 3.8) is 0 Å². The minimum atomic E-state index is -0.0899. The van der Waals surface area contributed by atoms with Gasteiger partial charge in [-0.3, -0.25) is 19.5 Å². The summed E-state index contributed by atoms with van der Waals surface area (Å²) in [6.45, 7) is 9.67. The van der Waals surface area contributed by atoms with Crippen LogP contribution < -0.4 is 11.1 Å². The number of likely N-dealkylation sites (tertiary alicyclic amines) is 1. The van der Waals surface area contributed by atoms with Crippen LogP contribution in [0.15, 0.2) is 34.1 Å². The average molecular weight is 371 g/mol. The first-order chi connectivity index (χ1) is 12.7. The van der Waals surface area contributed by atoms with E-state index in [2.05, 4.69) is 35.8 Å². The predicted octanol–water partition coefficient (Wildman–Crippen LogP) is 1.55. The number of rotatable bonds is 4. The molecule has 3 heterocycles. The van der Waals surface area contributed by atoms with Gasteiger partial charge in [-0.05, 0) is 37.9 Å². The van der Waals surface area contributed by atoms with Crippen molar-refractivity contribution in [1.29, 1.82) is 0 Å². The summed E-state index contributed by atoms with van der Waals surface area (Å²) >= 11 is 0. The van der Waals surface area contributed by atoms with E-state index in [4.69, 9.17) is 0 Å². The molecule has 0 aromatic carbocycles. The van der Waals surface area contributed by atoms with Crippen molar-refractivity contribution >= 4 is 0 Å². The second-order valence-corrected chi connectivity index (χ2v) is 8.54. The average Bonchev–Trinajstić information content (AvgIpc) is 2.61. The minimum absolute atomic E-state index is 0.0279. The highest BCUT2D eigenvalue weighted by molar-refractivity contribution is 5.10. The third-order valence-electron chi connectivity index (χ3n) is 5.19. The molecule has 0 N–H and O–H groups in total. The van der Waals surface area contributed by atoms with Crippen LogP contribution in [-0.4, -0.2) is 37.3 Å². The predicted molar refractivity (Wildman–Crippen MR) is 105 cm³/mol. The quantitative estimate of drug-likeness (QED) is 0.815. The third-order valence-corrected chi connectivity index (χ3v) is 5.19. The Morgan fingerprint density at radius 1 is 1.11 bits per heavy atom. The second-order valence-electron chi connectivity index (χ2n) is 8.54. The van der Waals surface area contributed by atoms with Crippen LogP contribution in [-0.2, 0) is 25.6 Å². The zero-order valence-corrected chi connectivity index (χ0v) is 16.7. The lowest BCUT2D eigenvalue weighted by Gasteiger charge is -2.31. The molecule has 1 aliphatic heterocycles. The van der Waals surface area contributed by atoms with Crippen LogP contribution >= 0.6 is 0 Å². The molecule has 146 valence electrons. The highest BCUT2D eigenvalue weighted by Gasteiger charge is 2.22. The summed E-state index contributed by atoms with van der Waals surface area (Å²) in [7, 11) is 1.75. The number of piperidine rings is 1. The molecule has 0 amide bonds. The van der Waals surface area contributed by atoms with Crippen LogP contribution in [0.25, 0.3) is 0 Å². The lowest BCUT2D eigenvalue weighted by Crippen LogP contribution is -2.37. The summed E-state index contributed by atoms with van der Waals surface area (Å²) in [5.41, 5.74) is 1.67. The van der Waals surface area contributed by atoms with E-state index < -0.39 is 0 Å². The fourth-order valence-corrected chi connectivity index (χ4v) is 3.41. The molecule has 7 nitrogen and oxygen atoms in total. The molecule has 3 rings (SSSR count). The van der Waals surface area contributed by atoms with Crippen molar-refractivity contribution in [3.05, 3.63) is 56.6 Å². The van der Waals surface area contributed by atoms with E-state index in [1.807, 2.05) is 6.07 Å². The van der Waals surface area contributed by atoms with Gasteiger partial charge in [-0.15, -0.1) is 0 Å². The fourth-order valence-electron chi connectivity index (χ4n) is 3.41. The van der Waals surface area contributed by atoms with E-state index in [0.29, 0.717) is 12.5 Å². The van der Waals surface area contributed by atoms with Crippen LogP contribution in [0.1, 0.15) is 45.0 Å². The van der Waals surface area contributed by atoms with E-state index in [0.717, 1.165) is 43.9 Å². The van der Waals surface area contributed by atoms with Crippen molar-refractivity contribution in [3.8, 4) is 0 Å². The first kappa shape index (κ1) is 19.5. The summed E-state index contributed by atoms with van der Waals surface area (Å²) in [5.74, 6) is 0.453. The molecule has 0 bridgehead atoms. The monoisotopic (exact) mass is 371 g/mol. The van der Waals surface area contributed by atoms with Crippen LogP contribution in [0, 0.1) is 5.92 Å². The van der Waals surface area contributed by atoms with Gasteiger partial charge in [0.05, 0.1) is 17.6 Å². The van der Waals surface area contributed by atoms with Gasteiger partial charge in [0.15, 0.2) is 0 Å². The SMILES string of the molecule is Cn1cc(CN2CCC(Cn3nc(C(C)(C)C)ccc3=O)CC2)ncc1=O. The summed E-state index contributed by atoms with van der Waals surface area (Å²) < 4.78 is 3.20. The Hall–Kier alpha value is -2.28. The first-order valence-corrected chi connectivity index (χ1v) is 9.55. The molecule has 0 atom stereocenters. The molecular formula is C20H29N5O2. The Morgan fingerprint density at radius 2 is 1.81 bits per heavy atom. The third kappa shape index (κ3) is 4.91. The Balaban J connectivity index is 1.59.